The SMILES string of the molecule is O=C1/C(=C\c2ccc(C(F)(F)F)cc2)Sc2ccccc21. The van der Waals surface area contributed by atoms with Crippen LogP contribution in [0.1, 0.15) is 21.5 Å². The topological polar surface area (TPSA) is 17.1 Å². The number of fused-ring (bicyclic) bond motifs is 1. The van der Waals surface area contributed by atoms with Crippen LogP contribution < -0.4 is 0 Å². The molecule has 0 radical (unpaired) electrons. The van der Waals surface area contributed by atoms with Gasteiger partial charge in [0.2, 0.25) is 5.78 Å². The van der Waals surface area contributed by atoms with E-state index >= 15 is 0 Å². The van der Waals surface area contributed by atoms with Crippen molar-refractivity contribution in [3.8, 4) is 0 Å². The zero-order valence-corrected chi connectivity index (χ0v) is 11.5. The van der Waals surface area contributed by atoms with E-state index in [4.69, 9.17) is 0 Å². The molecule has 2 aromatic rings. The molecule has 0 unspecified atom stereocenters. The summed E-state index contributed by atoms with van der Waals surface area (Å²) < 4.78 is 37.5. The summed E-state index contributed by atoms with van der Waals surface area (Å²) in [6.07, 6.45) is -2.73. The van der Waals surface area contributed by atoms with Crippen LogP contribution in [0.15, 0.2) is 58.3 Å². The number of halogens is 3. The van der Waals surface area contributed by atoms with E-state index in [1.807, 2.05) is 12.1 Å². The van der Waals surface area contributed by atoms with E-state index in [1.165, 1.54) is 23.9 Å². The van der Waals surface area contributed by atoms with Gasteiger partial charge in [-0.25, -0.2) is 0 Å². The standard InChI is InChI=1S/C16H9F3OS/c17-16(18,19)11-7-5-10(6-8-11)9-14-15(20)12-3-1-2-4-13(12)21-14/h1-9H/b14-9+. The Morgan fingerprint density at radius 2 is 1.62 bits per heavy atom. The van der Waals surface area contributed by atoms with Crippen LogP contribution in [0.25, 0.3) is 6.08 Å². The van der Waals surface area contributed by atoms with Crippen LogP contribution in [-0.4, -0.2) is 5.78 Å². The lowest BCUT2D eigenvalue weighted by molar-refractivity contribution is -0.137. The normalized spacial score (nSPS) is 16.3. The van der Waals surface area contributed by atoms with Gasteiger partial charge in [-0.05, 0) is 35.9 Å². The van der Waals surface area contributed by atoms with Crippen molar-refractivity contribution in [1.82, 2.24) is 0 Å². The summed E-state index contributed by atoms with van der Waals surface area (Å²) in [6.45, 7) is 0. The molecule has 106 valence electrons. The van der Waals surface area contributed by atoms with Gasteiger partial charge in [0.15, 0.2) is 0 Å². The van der Waals surface area contributed by atoms with Gasteiger partial charge in [-0.3, -0.25) is 4.79 Å². The second kappa shape index (κ2) is 5.07. The molecular formula is C16H9F3OS. The Balaban J connectivity index is 1.89. The van der Waals surface area contributed by atoms with Crippen molar-refractivity contribution < 1.29 is 18.0 Å². The zero-order valence-electron chi connectivity index (χ0n) is 10.6. The van der Waals surface area contributed by atoms with Crippen molar-refractivity contribution in [3.63, 3.8) is 0 Å². The van der Waals surface area contributed by atoms with E-state index in [-0.39, 0.29) is 5.78 Å². The van der Waals surface area contributed by atoms with Crippen LogP contribution in [0.4, 0.5) is 13.2 Å². The maximum absolute atomic E-state index is 12.5. The van der Waals surface area contributed by atoms with Crippen LogP contribution >= 0.6 is 11.8 Å². The van der Waals surface area contributed by atoms with E-state index in [9.17, 15) is 18.0 Å². The Hall–Kier alpha value is -2.01. The minimum Gasteiger partial charge on any atom is -0.288 e. The van der Waals surface area contributed by atoms with Gasteiger partial charge in [0, 0.05) is 10.5 Å². The van der Waals surface area contributed by atoms with Crippen LogP contribution in [0.2, 0.25) is 0 Å². The lowest BCUT2D eigenvalue weighted by atomic mass is 10.1. The molecule has 0 saturated heterocycles. The lowest BCUT2D eigenvalue weighted by Gasteiger charge is -2.06. The largest absolute Gasteiger partial charge is 0.416 e. The average molecular weight is 306 g/mol. The molecule has 1 aliphatic heterocycles. The highest BCUT2D eigenvalue weighted by atomic mass is 32.2. The van der Waals surface area contributed by atoms with Crippen LogP contribution in [0, 0.1) is 0 Å². The summed E-state index contributed by atoms with van der Waals surface area (Å²) in [5.74, 6) is -0.0875. The fourth-order valence-electron chi connectivity index (χ4n) is 2.06. The minimum absolute atomic E-state index is 0.0875. The second-order valence-corrected chi connectivity index (χ2v) is 5.64. The Labute approximate surface area is 123 Å². The molecule has 0 N–H and O–H groups in total. The molecule has 0 atom stereocenters. The molecule has 1 aliphatic rings. The van der Waals surface area contributed by atoms with E-state index in [1.54, 1.807) is 18.2 Å². The number of rotatable bonds is 1. The first-order chi connectivity index (χ1) is 9.95. The maximum Gasteiger partial charge on any atom is 0.416 e. The number of benzene rings is 2. The van der Waals surface area contributed by atoms with Crippen molar-refractivity contribution in [2.24, 2.45) is 0 Å². The maximum atomic E-state index is 12.5. The molecule has 3 rings (SSSR count). The van der Waals surface area contributed by atoms with E-state index in [0.29, 0.717) is 16.0 Å². The van der Waals surface area contributed by atoms with E-state index in [0.717, 1.165) is 17.0 Å². The number of ketones is 1. The van der Waals surface area contributed by atoms with Crippen molar-refractivity contribution in [2.45, 2.75) is 11.1 Å². The Bertz CT molecular complexity index is 730. The quantitative estimate of drug-likeness (QED) is 0.687. The van der Waals surface area contributed by atoms with Crippen LogP contribution in [0.3, 0.4) is 0 Å². The smallest absolute Gasteiger partial charge is 0.288 e. The fourth-order valence-corrected chi connectivity index (χ4v) is 3.11. The number of Topliss-reactive ketones (excluding diaryl/α,β-unsaturated/α-hetero) is 1. The third kappa shape index (κ3) is 2.74. The molecule has 0 amide bonds. The first-order valence-electron chi connectivity index (χ1n) is 6.16. The summed E-state index contributed by atoms with van der Waals surface area (Å²) in [6, 6.07) is 12.0. The molecule has 1 heterocycles. The second-order valence-electron chi connectivity index (χ2n) is 4.56. The van der Waals surface area contributed by atoms with Crippen molar-refractivity contribution >= 4 is 23.6 Å². The highest BCUT2D eigenvalue weighted by Gasteiger charge is 2.30. The number of thioether (sulfide) groups is 1. The molecule has 1 nitrogen and oxygen atoms in total. The predicted octanol–water partition coefficient (Wildman–Crippen LogP) is 5.03. The van der Waals surface area contributed by atoms with Gasteiger partial charge < -0.3 is 0 Å². The minimum atomic E-state index is -4.35. The molecule has 5 heteroatoms. The van der Waals surface area contributed by atoms with Gasteiger partial charge in [0.05, 0.1) is 10.5 Å². The number of carbonyl (C=O) groups excluding carboxylic acids is 1. The van der Waals surface area contributed by atoms with Crippen molar-refractivity contribution in [1.29, 1.82) is 0 Å². The Kier molecular flexibility index (Phi) is 3.37. The summed E-state index contributed by atoms with van der Waals surface area (Å²) in [4.78, 5) is 13.6. The van der Waals surface area contributed by atoms with Crippen LogP contribution in [-0.2, 0) is 6.18 Å². The monoisotopic (exact) mass is 306 g/mol. The predicted molar refractivity (Wildman–Crippen MR) is 76.1 cm³/mol. The highest BCUT2D eigenvalue weighted by Crippen LogP contribution is 2.40. The highest BCUT2D eigenvalue weighted by molar-refractivity contribution is 8.04. The Morgan fingerprint density at radius 1 is 0.952 bits per heavy atom. The number of allylic oxidation sites excluding steroid dienone is 1. The van der Waals surface area contributed by atoms with Crippen molar-refractivity contribution in [2.75, 3.05) is 0 Å². The molecule has 21 heavy (non-hydrogen) atoms. The summed E-state index contributed by atoms with van der Waals surface area (Å²) in [7, 11) is 0. The first kappa shape index (κ1) is 13.9. The number of carbonyl (C=O) groups is 1. The molecule has 2 aromatic carbocycles. The first-order valence-corrected chi connectivity index (χ1v) is 6.97. The lowest BCUT2D eigenvalue weighted by Crippen LogP contribution is -2.04. The molecular weight excluding hydrogens is 297 g/mol. The molecule has 0 bridgehead atoms. The van der Waals surface area contributed by atoms with Gasteiger partial charge in [-0.1, -0.05) is 36.0 Å². The van der Waals surface area contributed by atoms with E-state index in [2.05, 4.69) is 0 Å². The fraction of sp³-hybridized carbons (Fsp3) is 0.0625. The number of alkyl halides is 3. The molecule has 0 saturated carbocycles. The molecule has 0 aromatic heterocycles. The van der Waals surface area contributed by atoms with Gasteiger partial charge >= 0.3 is 6.18 Å². The average Bonchev–Trinajstić information content (AvgIpc) is 2.76. The van der Waals surface area contributed by atoms with Crippen LogP contribution in [0.5, 0.6) is 0 Å². The summed E-state index contributed by atoms with van der Waals surface area (Å²) in [5.41, 5.74) is 0.519. The van der Waals surface area contributed by atoms with Gasteiger partial charge in [-0.2, -0.15) is 13.2 Å². The molecule has 0 aliphatic carbocycles. The van der Waals surface area contributed by atoms with Crippen molar-refractivity contribution in [3.05, 3.63) is 70.1 Å². The van der Waals surface area contributed by atoms with Gasteiger partial charge in [0.25, 0.3) is 0 Å². The third-order valence-corrected chi connectivity index (χ3v) is 4.21. The zero-order chi connectivity index (χ0) is 15.0. The summed E-state index contributed by atoms with van der Waals surface area (Å²) in [5, 5.41) is 0. The summed E-state index contributed by atoms with van der Waals surface area (Å²) >= 11 is 1.34. The molecule has 0 fully saturated rings. The number of hydrogen-bond acceptors (Lipinski definition) is 2. The van der Waals surface area contributed by atoms with Gasteiger partial charge in [0.1, 0.15) is 0 Å². The van der Waals surface area contributed by atoms with E-state index < -0.39 is 11.7 Å². The van der Waals surface area contributed by atoms with Gasteiger partial charge in [-0.15, -0.1) is 0 Å². The third-order valence-electron chi connectivity index (χ3n) is 3.11. The Morgan fingerprint density at radius 3 is 2.24 bits per heavy atom. The molecule has 0 spiro atoms. The number of hydrogen-bond donors (Lipinski definition) is 0.